The van der Waals surface area contributed by atoms with Gasteiger partial charge in [-0.25, -0.2) is 4.79 Å². The molecule has 0 aliphatic heterocycles. The van der Waals surface area contributed by atoms with Crippen LogP contribution in [-0.4, -0.2) is 11.2 Å². The smallest absolute Gasteiger partial charge is 0.326 e. The summed E-state index contributed by atoms with van der Waals surface area (Å²) in [4.78, 5) is 11.9. The second kappa shape index (κ2) is 5.47. The van der Waals surface area contributed by atoms with E-state index in [0.717, 1.165) is 11.3 Å². The fourth-order valence-electron chi connectivity index (χ4n) is 1.78. The van der Waals surface area contributed by atoms with Crippen LogP contribution >= 0.6 is 0 Å². The summed E-state index contributed by atoms with van der Waals surface area (Å²) >= 11 is 0. The number of nitrogens with zero attached hydrogens (tertiary/aromatic N) is 1. The molecule has 1 heterocycles. The van der Waals surface area contributed by atoms with E-state index < -0.39 is 0 Å². The van der Waals surface area contributed by atoms with Gasteiger partial charge in [0, 0.05) is 22.9 Å². The van der Waals surface area contributed by atoms with Crippen molar-refractivity contribution in [2.24, 2.45) is 0 Å². The van der Waals surface area contributed by atoms with Gasteiger partial charge in [0.2, 0.25) is 5.88 Å². The minimum absolute atomic E-state index is 0.131. The topological polar surface area (TPSA) is 93.2 Å². The van der Waals surface area contributed by atoms with Gasteiger partial charge in [0.25, 0.3) is 0 Å². The van der Waals surface area contributed by atoms with Crippen molar-refractivity contribution >= 4 is 23.3 Å². The van der Waals surface area contributed by atoms with E-state index in [1.165, 1.54) is 0 Å². The number of carbonyl (C=O) groups is 1. The quantitative estimate of drug-likeness (QED) is 0.737. The standard InChI is InChI=1S/C15H20N4O2/c1-9-7-10(16)5-6-11(9)17-14(20)18-13-8-12(19-21-13)15(2,3)4/h5-8H,16H2,1-4H3,(H2,17,18,20). The highest BCUT2D eigenvalue weighted by atomic mass is 16.5. The lowest BCUT2D eigenvalue weighted by Crippen LogP contribution is -2.19. The highest BCUT2D eigenvalue weighted by molar-refractivity contribution is 5.99. The summed E-state index contributed by atoms with van der Waals surface area (Å²) in [5.41, 5.74) is 8.56. The lowest BCUT2D eigenvalue weighted by atomic mass is 9.92. The molecule has 112 valence electrons. The van der Waals surface area contributed by atoms with E-state index in [2.05, 4.69) is 15.8 Å². The maximum atomic E-state index is 11.9. The van der Waals surface area contributed by atoms with Crippen LogP contribution in [0, 0.1) is 6.92 Å². The van der Waals surface area contributed by atoms with Gasteiger partial charge in [-0.15, -0.1) is 0 Å². The van der Waals surface area contributed by atoms with E-state index >= 15 is 0 Å². The number of aromatic nitrogens is 1. The molecule has 0 spiro atoms. The summed E-state index contributed by atoms with van der Waals surface area (Å²) in [6.45, 7) is 7.93. The zero-order chi connectivity index (χ0) is 15.6. The summed E-state index contributed by atoms with van der Waals surface area (Å²) in [6.07, 6.45) is 0. The average Bonchev–Trinajstić information content (AvgIpc) is 2.81. The maximum absolute atomic E-state index is 11.9. The fraction of sp³-hybridized carbons (Fsp3) is 0.333. The average molecular weight is 288 g/mol. The van der Waals surface area contributed by atoms with Crippen LogP contribution in [-0.2, 0) is 5.41 Å². The number of amides is 2. The van der Waals surface area contributed by atoms with Crippen molar-refractivity contribution in [3.05, 3.63) is 35.5 Å². The van der Waals surface area contributed by atoms with Gasteiger partial charge in [-0.05, 0) is 30.7 Å². The molecule has 1 aromatic heterocycles. The third-order valence-electron chi connectivity index (χ3n) is 3.01. The van der Waals surface area contributed by atoms with E-state index in [1.807, 2.05) is 27.7 Å². The molecule has 0 bridgehead atoms. The minimum Gasteiger partial charge on any atom is -0.399 e. The van der Waals surface area contributed by atoms with Crippen LogP contribution in [0.5, 0.6) is 0 Å². The van der Waals surface area contributed by atoms with Crippen molar-refractivity contribution in [1.82, 2.24) is 5.16 Å². The van der Waals surface area contributed by atoms with Gasteiger partial charge >= 0.3 is 6.03 Å². The fourth-order valence-corrected chi connectivity index (χ4v) is 1.78. The summed E-state index contributed by atoms with van der Waals surface area (Å²) in [7, 11) is 0. The number of benzene rings is 1. The van der Waals surface area contributed by atoms with E-state index in [1.54, 1.807) is 24.3 Å². The molecular weight excluding hydrogens is 268 g/mol. The van der Waals surface area contributed by atoms with Crippen LogP contribution in [0.2, 0.25) is 0 Å². The van der Waals surface area contributed by atoms with Crippen molar-refractivity contribution in [2.45, 2.75) is 33.1 Å². The number of hydrogen-bond acceptors (Lipinski definition) is 4. The zero-order valence-corrected chi connectivity index (χ0v) is 12.7. The Balaban J connectivity index is 2.03. The number of nitrogens with two attached hydrogens (primary N) is 1. The van der Waals surface area contributed by atoms with Gasteiger partial charge in [-0.2, -0.15) is 0 Å². The molecule has 21 heavy (non-hydrogen) atoms. The molecule has 0 fully saturated rings. The number of nitrogen functional groups attached to an aromatic ring is 1. The molecule has 6 nitrogen and oxygen atoms in total. The van der Waals surface area contributed by atoms with E-state index in [0.29, 0.717) is 17.3 Å². The van der Waals surface area contributed by atoms with Crippen LogP contribution in [0.3, 0.4) is 0 Å². The molecule has 0 radical (unpaired) electrons. The zero-order valence-electron chi connectivity index (χ0n) is 12.7. The van der Waals surface area contributed by atoms with Gasteiger partial charge in [0.15, 0.2) is 0 Å². The number of hydrogen-bond donors (Lipinski definition) is 3. The molecule has 0 aliphatic carbocycles. The van der Waals surface area contributed by atoms with Gasteiger partial charge in [0.1, 0.15) is 0 Å². The van der Waals surface area contributed by atoms with Crippen LogP contribution in [0.25, 0.3) is 0 Å². The number of rotatable bonds is 2. The SMILES string of the molecule is Cc1cc(N)ccc1NC(=O)Nc1cc(C(C)(C)C)no1. The van der Waals surface area contributed by atoms with Gasteiger partial charge in [0.05, 0.1) is 5.69 Å². The minimum atomic E-state index is -0.389. The number of nitrogens with one attached hydrogen (secondary N) is 2. The normalized spacial score (nSPS) is 11.2. The van der Waals surface area contributed by atoms with Gasteiger partial charge in [-0.3, -0.25) is 5.32 Å². The van der Waals surface area contributed by atoms with Gasteiger partial charge in [-0.1, -0.05) is 25.9 Å². The summed E-state index contributed by atoms with van der Waals surface area (Å²) < 4.78 is 5.11. The maximum Gasteiger partial charge on any atom is 0.326 e. The third-order valence-corrected chi connectivity index (χ3v) is 3.01. The highest BCUT2D eigenvalue weighted by Crippen LogP contribution is 2.24. The Kier molecular flexibility index (Phi) is 3.88. The highest BCUT2D eigenvalue weighted by Gasteiger charge is 2.19. The second-order valence-corrected chi connectivity index (χ2v) is 5.98. The predicted octanol–water partition coefficient (Wildman–Crippen LogP) is 3.51. The third kappa shape index (κ3) is 3.75. The summed E-state index contributed by atoms with van der Waals surface area (Å²) in [5.74, 6) is 0.311. The largest absolute Gasteiger partial charge is 0.399 e. The van der Waals surface area contributed by atoms with Gasteiger partial charge < -0.3 is 15.6 Å². The first-order chi connectivity index (χ1) is 9.75. The molecule has 0 saturated carbocycles. The predicted molar refractivity (Wildman–Crippen MR) is 83.4 cm³/mol. The van der Waals surface area contributed by atoms with Crippen molar-refractivity contribution in [3.63, 3.8) is 0 Å². The van der Waals surface area contributed by atoms with Crippen molar-refractivity contribution < 1.29 is 9.32 Å². The lowest BCUT2D eigenvalue weighted by Gasteiger charge is -2.12. The van der Waals surface area contributed by atoms with E-state index in [-0.39, 0.29) is 11.4 Å². The molecule has 0 aliphatic rings. The van der Waals surface area contributed by atoms with E-state index in [9.17, 15) is 4.79 Å². The molecule has 1 aromatic carbocycles. The molecular formula is C15H20N4O2. The molecule has 0 unspecified atom stereocenters. The molecule has 0 atom stereocenters. The summed E-state index contributed by atoms with van der Waals surface area (Å²) in [5, 5.41) is 9.30. The molecule has 0 saturated heterocycles. The number of urea groups is 1. The van der Waals surface area contributed by atoms with Crippen molar-refractivity contribution in [3.8, 4) is 0 Å². The Morgan fingerprint density at radius 1 is 1.24 bits per heavy atom. The molecule has 2 rings (SSSR count). The molecule has 2 aromatic rings. The Bertz CT molecular complexity index is 656. The Morgan fingerprint density at radius 2 is 1.95 bits per heavy atom. The van der Waals surface area contributed by atoms with Crippen LogP contribution in [0.1, 0.15) is 32.0 Å². The Hall–Kier alpha value is -2.50. The van der Waals surface area contributed by atoms with Crippen molar-refractivity contribution in [2.75, 3.05) is 16.4 Å². The van der Waals surface area contributed by atoms with Crippen LogP contribution in [0.4, 0.5) is 22.1 Å². The second-order valence-electron chi connectivity index (χ2n) is 5.98. The summed E-state index contributed by atoms with van der Waals surface area (Å²) in [6, 6.07) is 6.61. The molecule has 4 N–H and O–H groups in total. The number of carbonyl (C=O) groups excluding carboxylic acids is 1. The lowest BCUT2D eigenvalue weighted by molar-refractivity contribution is 0.261. The monoisotopic (exact) mass is 288 g/mol. The van der Waals surface area contributed by atoms with E-state index in [4.69, 9.17) is 10.3 Å². The van der Waals surface area contributed by atoms with Crippen LogP contribution in [0.15, 0.2) is 28.8 Å². The van der Waals surface area contributed by atoms with Crippen molar-refractivity contribution in [1.29, 1.82) is 0 Å². The number of anilines is 3. The number of aryl methyl sites for hydroxylation is 1. The first-order valence-corrected chi connectivity index (χ1v) is 6.67. The molecule has 2 amide bonds. The Morgan fingerprint density at radius 3 is 2.52 bits per heavy atom. The Labute approximate surface area is 123 Å². The molecule has 6 heteroatoms. The first kappa shape index (κ1) is 14.9. The van der Waals surface area contributed by atoms with Crippen LogP contribution < -0.4 is 16.4 Å². The first-order valence-electron chi connectivity index (χ1n) is 6.67.